The molecule has 0 atom stereocenters. The maximum absolute atomic E-state index is 12.5. The highest BCUT2D eigenvalue weighted by atomic mass is 16.2. The lowest BCUT2D eigenvalue weighted by Gasteiger charge is -2.36. The van der Waals surface area contributed by atoms with Gasteiger partial charge in [0.25, 0.3) is 17.0 Å². The molecule has 1 fully saturated rings. The van der Waals surface area contributed by atoms with Crippen LogP contribution in [-0.2, 0) is 20.0 Å². The lowest BCUT2D eigenvalue weighted by atomic mass is 10.1. The first-order valence-electron chi connectivity index (χ1n) is 10.8. The minimum Gasteiger partial charge on any atom is -0.355 e. The number of pyridine rings is 3. The molecule has 3 aromatic heterocycles. The van der Waals surface area contributed by atoms with E-state index in [1.165, 1.54) is 11.6 Å². The second kappa shape index (κ2) is 8.96. The Morgan fingerprint density at radius 1 is 1.16 bits per heavy atom. The molecule has 4 rings (SSSR count). The number of hydrogen-bond donors (Lipinski definition) is 2. The molecule has 0 saturated carbocycles. The number of rotatable bonds is 5. The van der Waals surface area contributed by atoms with E-state index in [0.29, 0.717) is 6.42 Å². The van der Waals surface area contributed by atoms with Crippen molar-refractivity contribution in [2.24, 2.45) is 7.05 Å². The summed E-state index contributed by atoms with van der Waals surface area (Å²) in [4.78, 5) is 48.5. The van der Waals surface area contributed by atoms with Gasteiger partial charge in [-0.1, -0.05) is 6.92 Å². The zero-order valence-electron chi connectivity index (χ0n) is 18.6. The normalized spacial score (nSPS) is 14.7. The lowest BCUT2D eigenvalue weighted by Crippen LogP contribution is -2.47. The molecule has 1 saturated heterocycles. The van der Waals surface area contributed by atoms with Gasteiger partial charge >= 0.3 is 0 Å². The summed E-state index contributed by atoms with van der Waals surface area (Å²) in [5.41, 5.74) is 3.14. The van der Waals surface area contributed by atoms with Gasteiger partial charge in [0.05, 0.1) is 11.0 Å². The summed E-state index contributed by atoms with van der Waals surface area (Å²) in [7, 11) is 3.21. The Morgan fingerprint density at radius 3 is 2.59 bits per heavy atom. The standard InChI is InChI=1S/C23H28N6O3/c1-4-16-12-18-19(26-21(16)30)11-15(13-25-18)14-28-7-9-29(10-8-28)20-6-5-17(22(31)24-2)23(32)27(20)3/h5-6,11-13H,4,7-10,14H2,1-3H3,(H,24,31)(H,26,30). The number of anilines is 1. The maximum Gasteiger partial charge on any atom is 0.264 e. The third-order valence-corrected chi connectivity index (χ3v) is 6.06. The Kier molecular flexibility index (Phi) is 6.09. The van der Waals surface area contributed by atoms with E-state index in [4.69, 9.17) is 0 Å². The molecule has 4 heterocycles. The maximum atomic E-state index is 12.5. The Hall–Kier alpha value is -3.46. The Balaban J connectivity index is 1.44. The molecule has 0 unspecified atom stereocenters. The lowest BCUT2D eigenvalue weighted by molar-refractivity contribution is 0.0961. The molecule has 0 bridgehead atoms. The second-order valence-electron chi connectivity index (χ2n) is 8.07. The molecule has 32 heavy (non-hydrogen) atoms. The van der Waals surface area contributed by atoms with Gasteiger partial charge in [-0.05, 0) is 36.2 Å². The molecule has 9 heteroatoms. The average Bonchev–Trinajstić information content (AvgIpc) is 2.80. The molecule has 2 N–H and O–H groups in total. The van der Waals surface area contributed by atoms with Gasteiger partial charge in [0.15, 0.2) is 0 Å². The fraction of sp³-hybridized carbons (Fsp3) is 0.391. The summed E-state index contributed by atoms with van der Waals surface area (Å²) in [5.74, 6) is 0.428. The molecular formula is C23H28N6O3. The van der Waals surface area contributed by atoms with Crippen LogP contribution in [0.4, 0.5) is 5.82 Å². The number of carbonyl (C=O) groups excluding carboxylic acids is 1. The molecule has 3 aromatic rings. The fourth-order valence-electron chi connectivity index (χ4n) is 4.16. The van der Waals surface area contributed by atoms with Gasteiger partial charge in [0, 0.05) is 58.6 Å². The number of nitrogens with zero attached hydrogens (tertiary/aromatic N) is 4. The van der Waals surface area contributed by atoms with Crippen LogP contribution in [0.15, 0.2) is 40.1 Å². The second-order valence-corrected chi connectivity index (χ2v) is 8.07. The number of fused-ring (bicyclic) bond motifs is 1. The number of carbonyl (C=O) groups is 1. The van der Waals surface area contributed by atoms with Gasteiger partial charge in [-0.2, -0.15) is 0 Å². The molecule has 1 aliphatic rings. The summed E-state index contributed by atoms with van der Waals surface area (Å²) in [6, 6.07) is 7.28. The van der Waals surface area contributed by atoms with Gasteiger partial charge in [-0.3, -0.25) is 28.8 Å². The summed E-state index contributed by atoms with van der Waals surface area (Å²) >= 11 is 0. The number of hydrogen-bond acceptors (Lipinski definition) is 6. The van der Waals surface area contributed by atoms with Crippen molar-refractivity contribution in [1.29, 1.82) is 0 Å². The molecule has 168 valence electrons. The quantitative estimate of drug-likeness (QED) is 0.615. The number of aromatic amines is 1. The highest BCUT2D eigenvalue weighted by Crippen LogP contribution is 2.17. The van der Waals surface area contributed by atoms with Crippen LogP contribution in [0.1, 0.15) is 28.4 Å². The molecule has 0 aliphatic carbocycles. The van der Waals surface area contributed by atoms with E-state index in [-0.39, 0.29) is 22.6 Å². The zero-order valence-corrected chi connectivity index (χ0v) is 18.6. The van der Waals surface area contributed by atoms with E-state index < -0.39 is 0 Å². The van der Waals surface area contributed by atoms with E-state index in [0.717, 1.165) is 60.7 Å². The van der Waals surface area contributed by atoms with E-state index >= 15 is 0 Å². The van der Waals surface area contributed by atoms with Crippen LogP contribution < -0.4 is 21.3 Å². The monoisotopic (exact) mass is 436 g/mol. The van der Waals surface area contributed by atoms with Crippen molar-refractivity contribution in [3.05, 3.63) is 67.9 Å². The van der Waals surface area contributed by atoms with E-state index in [1.54, 1.807) is 13.1 Å². The van der Waals surface area contributed by atoms with Crippen molar-refractivity contribution in [3.8, 4) is 0 Å². The molecule has 1 amide bonds. The van der Waals surface area contributed by atoms with Gasteiger partial charge in [-0.25, -0.2) is 0 Å². The highest BCUT2D eigenvalue weighted by Gasteiger charge is 2.21. The first kappa shape index (κ1) is 21.8. The first-order valence-corrected chi connectivity index (χ1v) is 10.8. The van der Waals surface area contributed by atoms with Crippen molar-refractivity contribution in [2.75, 3.05) is 38.1 Å². The van der Waals surface area contributed by atoms with Gasteiger partial charge in [0.1, 0.15) is 11.4 Å². The molecule has 0 aromatic carbocycles. The predicted molar refractivity (Wildman–Crippen MR) is 124 cm³/mol. The van der Waals surface area contributed by atoms with Gasteiger partial charge in [0.2, 0.25) is 0 Å². The summed E-state index contributed by atoms with van der Waals surface area (Å²) < 4.78 is 1.54. The fourth-order valence-corrected chi connectivity index (χ4v) is 4.16. The van der Waals surface area contributed by atoms with Crippen LogP contribution in [0.3, 0.4) is 0 Å². The van der Waals surface area contributed by atoms with Gasteiger partial charge in [-0.15, -0.1) is 0 Å². The number of aromatic nitrogens is 3. The summed E-state index contributed by atoms with van der Waals surface area (Å²) in [6.07, 6.45) is 2.55. The predicted octanol–water partition coefficient (Wildman–Crippen LogP) is 0.866. The molecule has 9 nitrogen and oxygen atoms in total. The van der Waals surface area contributed by atoms with Crippen molar-refractivity contribution < 1.29 is 4.79 Å². The van der Waals surface area contributed by atoms with Crippen LogP contribution >= 0.6 is 0 Å². The SMILES string of the molecule is CCc1cc2ncc(CN3CCN(c4ccc(C(=O)NC)c(=O)n4C)CC3)cc2[nH]c1=O. The number of piperazine rings is 1. The van der Waals surface area contributed by atoms with E-state index in [1.807, 2.05) is 31.3 Å². The Bertz CT molecular complexity index is 1270. The number of aryl methyl sites for hydroxylation is 1. The topological polar surface area (TPSA) is 103 Å². The number of nitrogens with one attached hydrogen (secondary N) is 2. The minimum atomic E-state index is -0.377. The smallest absolute Gasteiger partial charge is 0.264 e. The first-order chi connectivity index (χ1) is 15.4. The summed E-state index contributed by atoms with van der Waals surface area (Å²) in [6.45, 7) is 5.89. The van der Waals surface area contributed by atoms with Crippen molar-refractivity contribution in [3.63, 3.8) is 0 Å². The highest BCUT2D eigenvalue weighted by molar-refractivity contribution is 5.93. The molecular weight excluding hydrogens is 408 g/mol. The third kappa shape index (κ3) is 4.16. The Morgan fingerprint density at radius 2 is 1.91 bits per heavy atom. The molecule has 0 spiro atoms. The van der Waals surface area contributed by atoms with Crippen molar-refractivity contribution in [2.45, 2.75) is 19.9 Å². The number of H-pyrrole nitrogens is 1. The number of amides is 1. The van der Waals surface area contributed by atoms with Crippen LogP contribution in [-0.4, -0.2) is 58.6 Å². The Labute approximate surface area is 185 Å². The van der Waals surface area contributed by atoms with Crippen LogP contribution in [0.2, 0.25) is 0 Å². The minimum absolute atomic E-state index is 0.0550. The van der Waals surface area contributed by atoms with E-state index in [9.17, 15) is 14.4 Å². The van der Waals surface area contributed by atoms with Crippen molar-refractivity contribution >= 4 is 22.8 Å². The van der Waals surface area contributed by atoms with Crippen LogP contribution in [0, 0.1) is 0 Å². The zero-order chi connectivity index (χ0) is 22.8. The summed E-state index contributed by atoms with van der Waals surface area (Å²) in [5, 5.41) is 2.50. The average molecular weight is 437 g/mol. The van der Waals surface area contributed by atoms with Crippen LogP contribution in [0.25, 0.3) is 11.0 Å². The third-order valence-electron chi connectivity index (χ3n) is 6.06. The molecule has 1 aliphatic heterocycles. The molecule has 0 radical (unpaired) electrons. The van der Waals surface area contributed by atoms with E-state index in [2.05, 4.69) is 25.1 Å². The van der Waals surface area contributed by atoms with Crippen molar-refractivity contribution in [1.82, 2.24) is 24.8 Å². The van der Waals surface area contributed by atoms with Gasteiger partial charge < -0.3 is 15.2 Å². The van der Waals surface area contributed by atoms with Crippen LogP contribution in [0.5, 0.6) is 0 Å². The largest absolute Gasteiger partial charge is 0.355 e.